The molecule has 1 amide bonds. The van der Waals surface area contributed by atoms with E-state index in [1.54, 1.807) is 26.0 Å². The van der Waals surface area contributed by atoms with Crippen molar-refractivity contribution in [2.24, 2.45) is 0 Å². The first-order valence-electron chi connectivity index (χ1n) is 9.60. The fourth-order valence-corrected chi connectivity index (χ4v) is 4.67. The third kappa shape index (κ3) is 5.66. The van der Waals surface area contributed by atoms with Crippen LogP contribution in [0.25, 0.3) is 0 Å². The van der Waals surface area contributed by atoms with Crippen molar-refractivity contribution in [3.8, 4) is 0 Å². The molecule has 2 saturated heterocycles. The summed E-state index contributed by atoms with van der Waals surface area (Å²) in [5.74, 6) is -2.28. The number of ether oxygens (including phenoxy) is 4. The lowest BCUT2D eigenvalue weighted by atomic mass is 9.95. The van der Waals surface area contributed by atoms with Gasteiger partial charge in [-0.05, 0) is 45.0 Å². The van der Waals surface area contributed by atoms with E-state index in [9.17, 15) is 14.7 Å². The summed E-state index contributed by atoms with van der Waals surface area (Å²) in [7, 11) is 0. The normalized spacial score (nSPS) is 31.4. The molecule has 2 heterocycles. The number of carboxylic acids is 1. The number of carbonyl (C=O) groups is 2. The molecule has 2 aliphatic rings. The first kappa shape index (κ1) is 23.3. The Balaban J connectivity index is 1.92. The van der Waals surface area contributed by atoms with Crippen molar-refractivity contribution in [1.82, 2.24) is 5.32 Å². The minimum Gasteiger partial charge on any atom is -0.479 e. The summed E-state index contributed by atoms with van der Waals surface area (Å²) in [6, 6.07) is 6.57. The standard InChI is InChI=1S/C20H26ClNO7S/c1-10(18(24)25)27-17-15(22-11(2)23)19(30-13-7-5-12(21)6-8-13)28-14-9-26-20(3,4)29-16(14)17/h5-8,10,14-17,19H,9H2,1-4H3,(H,22,23)(H,24,25). The van der Waals surface area contributed by atoms with Crippen LogP contribution in [0.2, 0.25) is 5.02 Å². The molecule has 2 N–H and O–H groups in total. The lowest BCUT2D eigenvalue weighted by Crippen LogP contribution is -2.68. The zero-order valence-corrected chi connectivity index (χ0v) is 18.7. The number of nitrogens with one attached hydrogen (secondary N) is 1. The monoisotopic (exact) mass is 459 g/mol. The van der Waals surface area contributed by atoms with Gasteiger partial charge in [-0.3, -0.25) is 4.79 Å². The highest BCUT2D eigenvalue weighted by atomic mass is 35.5. The minimum atomic E-state index is -1.10. The molecule has 166 valence electrons. The van der Waals surface area contributed by atoms with Crippen molar-refractivity contribution >= 4 is 35.2 Å². The van der Waals surface area contributed by atoms with Gasteiger partial charge in [0.2, 0.25) is 5.91 Å². The maximum Gasteiger partial charge on any atom is 0.332 e. The number of halogens is 1. The molecule has 1 aromatic carbocycles. The summed E-state index contributed by atoms with van der Waals surface area (Å²) < 4.78 is 23.9. The van der Waals surface area contributed by atoms with Crippen LogP contribution in [0.3, 0.4) is 0 Å². The maximum atomic E-state index is 12.0. The molecular formula is C20H26ClNO7S. The summed E-state index contributed by atoms with van der Waals surface area (Å²) in [4.78, 5) is 24.3. The smallest absolute Gasteiger partial charge is 0.332 e. The van der Waals surface area contributed by atoms with Crippen molar-refractivity contribution < 1.29 is 33.6 Å². The molecule has 0 radical (unpaired) electrons. The third-order valence-electron chi connectivity index (χ3n) is 4.81. The van der Waals surface area contributed by atoms with E-state index in [0.717, 1.165) is 4.90 Å². The second-order valence-corrected chi connectivity index (χ2v) is 9.32. The van der Waals surface area contributed by atoms with E-state index in [-0.39, 0.29) is 12.5 Å². The third-order valence-corrected chi connectivity index (χ3v) is 6.24. The molecule has 0 bridgehead atoms. The Morgan fingerprint density at radius 2 is 2.00 bits per heavy atom. The van der Waals surface area contributed by atoms with Gasteiger partial charge in [-0.1, -0.05) is 23.4 Å². The summed E-state index contributed by atoms with van der Waals surface area (Å²) in [6.45, 7) is 6.63. The summed E-state index contributed by atoms with van der Waals surface area (Å²) >= 11 is 7.36. The molecule has 0 saturated carbocycles. The van der Waals surface area contributed by atoms with E-state index in [4.69, 9.17) is 30.5 Å². The molecule has 0 spiro atoms. The number of carbonyl (C=O) groups excluding carboxylic acids is 1. The van der Waals surface area contributed by atoms with E-state index in [1.165, 1.54) is 25.6 Å². The predicted octanol–water partition coefficient (Wildman–Crippen LogP) is 2.67. The van der Waals surface area contributed by atoms with Crippen LogP contribution in [0.4, 0.5) is 0 Å². The Hall–Kier alpha value is -1.36. The predicted molar refractivity (Wildman–Crippen MR) is 110 cm³/mol. The van der Waals surface area contributed by atoms with Gasteiger partial charge >= 0.3 is 5.97 Å². The molecule has 6 atom stereocenters. The van der Waals surface area contributed by atoms with E-state index in [1.807, 2.05) is 12.1 Å². The van der Waals surface area contributed by atoms with Crippen LogP contribution >= 0.6 is 23.4 Å². The quantitative estimate of drug-likeness (QED) is 0.669. The highest BCUT2D eigenvalue weighted by Crippen LogP contribution is 2.39. The molecule has 1 aromatic rings. The molecule has 0 aliphatic carbocycles. The van der Waals surface area contributed by atoms with Gasteiger partial charge in [-0.25, -0.2) is 4.79 Å². The second kappa shape index (κ2) is 9.42. The van der Waals surface area contributed by atoms with E-state index < -0.39 is 47.7 Å². The van der Waals surface area contributed by atoms with Gasteiger partial charge in [-0.2, -0.15) is 0 Å². The average molecular weight is 460 g/mol. The van der Waals surface area contributed by atoms with Gasteiger partial charge in [0.25, 0.3) is 0 Å². The number of hydrogen-bond acceptors (Lipinski definition) is 7. The molecular weight excluding hydrogens is 434 g/mol. The van der Waals surface area contributed by atoms with Crippen LogP contribution in [0, 0.1) is 0 Å². The van der Waals surface area contributed by atoms with Gasteiger partial charge in [0.1, 0.15) is 23.7 Å². The summed E-state index contributed by atoms with van der Waals surface area (Å²) in [6.07, 6.45) is -2.96. The fraction of sp³-hybridized carbons (Fsp3) is 0.600. The molecule has 2 aliphatic heterocycles. The zero-order chi connectivity index (χ0) is 22.1. The number of fused-ring (bicyclic) bond motifs is 1. The van der Waals surface area contributed by atoms with Crippen LogP contribution in [-0.4, -0.2) is 65.3 Å². The first-order chi connectivity index (χ1) is 14.1. The van der Waals surface area contributed by atoms with Crippen LogP contribution in [0.5, 0.6) is 0 Å². The number of carboxylic acid groups (broad SMARTS) is 1. The lowest BCUT2D eigenvalue weighted by Gasteiger charge is -2.51. The molecule has 30 heavy (non-hydrogen) atoms. The average Bonchev–Trinajstić information content (AvgIpc) is 2.65. The van der Waals surface area contributed by atoms with Gasteiger partial charge in [0.15, 0.2) is 11.9 Å². The largest absolute Gasteiger partial charge is 0.479 e. The van der Waals surface area contributed by atoms with Crippen molar-refractivity contribution in [3.05, 3.63) is 29.3 Å². The van der Waals surface area contributed by atoms with Gasteiger partial charge < -0.3 is 29.4 Å². The summed E-state index contributed by atoms with van der Waals surface area (Å²) in [5.41, 5.74) is -0.560. The number of amides is 1. The molecule has 10 heteroatoms. The Kier molecular flexibility index (Phi) is 7.32. The Bertz CT molecular complexity index is 775. The molecule has 3 rings (SSSR count). The number of benzene rings is 1. The van der Waals surface area contributed by atoms with Crippen molar-refractivity contribution in [1.29, 1.82) is 0 Å². The zero-order valence-electron chi connectivity index (χ0n) is 17.2. The van der Waals surface area contributed by atoms with E-state index >= 15 is 0 Å². The Morgan fingerprint density at radius 1 is 1.33 bits per heavy atom. The Morgan fingerprint density at radius 3 is 2.60 bits per heavy atom. The number of thioether (sulfide) groups is 1. The van der Waals surface area contributed by atoms with Crippen LogP contribution in [-0.2, 0) is 28.5 Å². The maximum absolute atomic E-state index is 12.0. The van der Waals surface area contributed by atoms with E-state index in [0.29, 0.717) is 5.02 Å². The molecule has 8 nitrogen and oxygen atoms in total. The van der Waals surface area contributed by atoms with Crippen molar-refractivity contribution in [2.45, 2.75) is 74.3 Å². The first-order valence-corrected chi connectivity index (χ1v) is 10.9. The summed E-state index contributed by atoms with van der Waals surface area (Å²) in [5, 5.41) is 12.9. The number of aliphatic carboxylic acids is 1. The fourth-order valence-electron chi connectivity index (χ4n) is 3.42. The highest BCUT2D eigenvalue weighted by Gasteiger charge is 2.53. The molecule has 6 unspecified atom stereocenters. The number of hydrogen-bond donors (Lipinski definition) is 2. The number of rotatable bonds is 6. The van der Waals surface area contributed by atoms with Gasteiger partial charge in [-0.15, -0.1) is 0 Å². The van der Waals surface area contributed by atoms with Gasteiger partial charge in [0.05, 0.1) is 12.6 Å². The second-order valence-electron chi connectivity index (χ2n) is 7.72. The highest BCUT2D eigenvalue weighted by molar-refractivity contribution is 7.99. The minimum absolute atomic E-state index is 0.253. The van der Waals surface area contributed by atoms with E-state index in [2.05, 4.69) is 5.32 Å². The topological polar surface area (TPSA) is 103 Å². The molecule has 0 aromatic heterocycles. The van der Waals surface area contributed by atoms with Crippen molar-refractivity contribution in [2.75, 3.05) is 6.61 Å². The SMILES string of the molecule is CC(=O)NC1C(Sc2ccc(Cl)cc2)OC2COC(C)(C)OC2C1OC(C)C(=O)O. The van der Waals surface area contributed by atoms with Gasteiger partial charge in [0, 0.05) is 16.8 Å². The van der Waals surface area contributed by atoms with Crippen molar-refractivity contribution in [3.63, 3.8) is 0 Å². The Labute approximate surface area is 184 Å². The molecule has 2 fully saturated rings. The van der Waals surface area contributed by atoms with Crippen LogP contribution in [0.15, 0.2) is 29.2 Å². The van der Waals surface area contributed by atoms with Crippen LogP contribution in [0.1, 0.15) is 27.7 Å². The van der Waals surface area contributed by atoms with Crippen LogP contribution < -0.4 is 5.32 Å². The lowest BCUT2D eigenvalue weighted by molar-refractivity contribution is -0.347.